The van der Waals surface area contributed by atoms with E-state index < -0.39 is 0 Å². The summed E-state index contributed by atoms with van der Waals surface area (Å²) in [6, 6.07) is 13.4. The molecule has 4 rings (SSSR count). The molecule has 1 aliphatic rings. The third kappa shape index (κ3) is 4.63. The van der Waals surface area contributed by atoms with E-state index in [-0.39, 0.29) is 17.7 Å². The number of rotatable bonds is 7. The Morgan fingerprint density at radius 1 is 1.17 bits per heavy atom. The molecule has 1 atom stereocenters. The van der Waals surface area contributed by atoms with Gasteiger partial charge in [0.15, 0.2) is 5.16 Å². The Morgan fingerprint density at radius 3 is 2.69 bits per heavy atom. The normalized spacial score (nSPS) is 15.3. The second-order valence-electron chi connectivity index (χ2n) is 6.65. The summed E-state index contributed by atoms with van der Waals surface area (Å²) < 4.78 is 12.8. The second-order valence-corrected chi connectivity index (χ2v) is 7.59. The van der Waals surface area contributed by atoms with Crippen molar-refractivity contribution in [1.82, 2.24) is 20.1 Å². The summed E-state index contributed by atoms with van der Waals surface area (Å²) in [5.41, 5.74) is 0.964. The molecule has 1 N–H and O–H groups in total. The number of benzene rings is 1. The van der Waals surface area contributed by atoms with E-state index in [4.69, 9.17) is 9.15 Å². The number of carbonyl (C=O) groups excluding carboxylic acids is 1. The number of furan rings is 1. The Hall–Kier alpha value is -2.78. The van der Waals surface area contributed by atoms with Gasteiger partial charge in [-0.2, -0.15) is 0 Å². The summed E-state index contributed by atoms with van der Waals surface area (Å²) in [6.45, 7) is 4.74. The second kappa shape index (κ2) is 9.15. The highest BCUT2D eigenvalue weighted by atomic mass is 32.2. The van der Waals surface area contributed by atoms with Crippen molar-refractivity contribution in [3.8, 4) is 5.69 Å². The number of ether oxygens (including phenoxy) is 1. The maximum absolute atomic E-state index is 12.4. The molecule has 3 aromatic rings. The van der Waals surface area contributed by atoms with Crippen molar-refractivity contribution in [3.63, 3.8) is 0 Å². The van der Waals surface area contributed by atoms with Gasteiger partial charge in [0, 0.05) is 13.1 Å². The molecule has 1 unspecified atom stereocenters. The lowest BCUT2D eigenvalue weighted by molar-refractivity contribution is -0.119. The summed E-state index contributed by atoms with van der Waals surface area (Å²) >= 11 is 1.36. The Kier molecular flexibility index (Phi) is 6.16. The van der Waals surface area contributed by atoms with Gasteiger partial charge in [0.2, 0.25) is 11.9 Å². The fourth-order valence-electron chi connectivity index (χ4n) is 3.15. The zero-order valence-corrected chi connectivity index (χ0v) is 17.0. The smallest absolute Gasteiger partial charge is 0.232 e. The SMILES string of the molecule is CC(NC(=O)CSc1nnc(N2CCOCC2)n1-c1ccccc1)c1ccco1. The Bertz CT molecular complexity index is 923. The van der Waals surface area contributed by atoms with Crippen LogP contribution in [-0.2, 0) is 9.53 Å². The third-order valence-corrected chi connectivity index (χ3v) is 5.53. The van der Waals surface area contributed by atoms with E-state index >= 15 is 0 Å². The first-order chi connectivity index (χ1) is 14.2. The fraction of sp³-hybridized carbons (Fsp3) is 0.350. The quantitative estimate of drug-likeness (QED) is 0.596. The summed E-state index contributed by atoms with van der Waals surface area (Å²) in [5, 5.41) is 12.4. The predicted octanol–water partition coefficient (Wildman–Crippen LogP) is 2.67. The first-order valence-electron chi connectivity index (χ1n) is 9.51. The maximum Gasteiger partial charge on any atom is 0.232 e. The van der Waals surface area contributed by atoms with Crippen molar-refractivity contribution in [2.75, 3.05) is 37.0 Å². The van der Waals surface area contributed by atoms with E-state index in [1.807, 2.05) is 54.0 Å². The van der Waals surface area contributed by atoms with Gasteiger partial charge in [0.25, 0.3) is 0 Å². The zero-order chi connectivity index (χ0) is 20.1. The molecule has 3 heterocycles. The lowest BCUT2D eigenvalue weighted by Crippen LogP contribution is -2.37. The lowest BCUT2D eigenvalue weighted by Gasteiger charge is -2.27. The molecular weight excluding hydrogens is 390 g/mol. The van der Waals surface area contributed by atoms with Crippen molar-refractivity contribution >= 4 is 23.6 Å². The zero-order valence-electron chi connectivity index (χ0n) is 16.2. The minimum Gasteiger partial charge on any atom is -0.467 e. The van der Waals surface area contributed by atoms with Crippen LogP contribution >= 0.6 is 11.8 Å². The molecule has 1 aromatic carbocycles. The molecule has 0 spiro atoms. The van der Waals surface area contributed by atoms with Crippen molar-refractivity contribution in [3.05, 3.63) is 54.5 Å². The highest BCUT2D eigenvalue weighted by molar-refractivity contribution is 7.99. The van der Waals surface area contributed by atoms with E-state index in [2.05, 4.69) is 20.4 Å². The highest BCUT2D eigenvalue weighted by Crippen LogP contribution is 2.27. The minimum absolute atomic E-state index is 0.0885. The fourth-order valence-corrected chi connectivity index (χ4v) is 3.91. The van der Waals surface area contributed by atoms with E-state index in [9.17, 15) is 4.79 Å². The number of amides is 1. The largest absolute Gasteiger partial charge is 0.467 e. The van der Waals surface area contributed by atoms with Crippen LogP contribution in [0.5, 0.6) is 0 Å². The molecule has 1 aliphatic heterocycles. The number of thioether (sulfide) groups is 1. The first-order valence-corrected chi connectivity index (χ1v) is 10.5. The predicted molar refractivity (Wildman–Crippen MR) is 110 cm³/mol. The molecular formula is C20H23N5O3S. The summed E-state index contributed by atoms with van der Waals surface area (Å²) in [6.07, 6.45) is 1.60. The van der Waals surface area contributed by atoms with Crippen molar-refractivity contribution in [1.29, 1.82) is 0 Å². The van der Waals surface area contributed by atoms with Crippen LogP contribution in [0.4, 0.5) is 5.95 Å². The van der Waals surface area contributed by atoms with Gasteiger partial charge in [-0.3, -0.25) is 9.36 Å². The Morgan fingerprint density at radius 2 is 1.97 bits per heavy atom. The molecule has 0 saturated carbocycles. The molecule has 0 aliphatic carbocycles. The van der Waals surface area contributed by atoms with Gasteiger partial charge in [-0.15, -0.1) is 10.2 Å². The standard InChI is InChI=1S/C20H23N5O3S/c1-15(17-8-5-11-28-17)21-18(26)14-29-20-23-22-19(24-9-12-27-13-10-24)25(20)16-6-3-2-4-7-16/h2-8,11,15H,9-10,12-14H2,1H3,(H,21,26). The number of nitrogens with zero attached hydrogens (tertiary/aromatic N) is 4. The monoisotopic (exact) mass is 413 g/mol. The molecule has 0 radical (unpaired) electrons. The highest BCUT2D eigenvalue weighted by Gasteiger charge is 2.22. The molecule has 1 amide bonds. The molecule has 8 nitrogen and oxygen atoms in total. The van der Waals surface area contributed by atoms with E-state index in [1.165, 1.54) is 11.8 Å². The van der Waals surface area contributed by atoms with E-state index in [0.717, 1.165) is 30.5 Å². The van der Waals surface area contributed by atoms with Crippen LogP contribution in [0.2, 0.25) is 0 Å². The lowest BCUT2D eigenvalue weighted by atomic mass is 10.2. The first kappa shape index (κ1) is 19.5. The molecule has 1 fully saturated rings. The van der Waals surface area contributed by atoms with Crippen LogP contribution in [0.3, 0.4) is 0 Å². The van der Waals surface area contributed by atoms with Gasteiger partial charge in [0.1, 0.15) is 5.76 Å². The average Bonchev–Trinajstić information content (AvgIpc) is 3.44. The van der Waals surface area contributed by atoms with Crippen molar-refractivity contribution in [2.45, 2.75) is 18.1 Å². The number of para-hydroxylation sites is 1. The number of hydrogen-bond donors (Lipinski definition) is 1. The van der Waals surface area contributed by atoms with Gasteiger partial charge in [-0.05, 0) is 31.2 Å². The van der Waals surface area contributed by atoms with Crippen LogP contribution < -0.4 is 10.2 Å². The van der Waals surface area contributed by atoms with Crippen molar-refractivity contribution < 1.29 is 13.9 Å². The van der Waals surface area contributed by atoms with Gasteiger partial charge in [0.05, 0.1) is 37.0 Å². The Labute approximate surface area is 173 Å². The number of carbonyl (C=O) groups is 1. The van der Waals surface area contributed by atoms with Gasteiger partial charge in [-0.25, -0.2) is 0 Å². The average molecular weight is 414 g/mol. The molecule has 1 saturated heterocycles. The molecule has 152 valence electrons. The van der Waals surface area contributed by atoms with E-state index in [1.54, 1.807) is 6.26 Å². The number of hydrogen-bond acceptors (Lipinski definition) is 7. The number of morpholine rings is 1. The molecule has 0 bridgehead atoms. The number of anilines is 1. The van der Waals surface area contributed by atoms with Crippen LogP contribution in [0.15, 0.2) is 58.3 Å². The van der Waals surface area contributed by atoms with Crippen LogP contribution in [0.25, 0.3) is 5.69 Å². The summed E-state index contributed by atoms with van der Waals surface area (Å²) in [4.78, 5) is 14.6. The minimum atomic E-state index is -0.186. The van der Waals surface area contributed by atoms with Crippen LogP contribution in [-0.4, -0.2) is 52.7 Å². The van der Waals surface area contributed by atoms with Gasteiger partial charge in [-0.1, -0.05) is 30.0 Å². The summed E-state index contributed by atoms with van der Waals surface area (Å²) in [7, 11) is 0. The topological polar surface area (TPSA) is 85.4 Å². The third-order valence-electron chi connectivity index (χ3n) is 4.60. The van der Waals surface area contributed by atoms with Crippen LogP contribution in [0.1, 0.15) is 18.7 Å². The van der Waals surface area contributed by atoms with E-state index in [0.29, 0.717) is 18.4 Å². The molecule has 29 heavy (non-hydrogen) atoms. The van der Waals surface area contributed by atoms with Crippen molar-refractivity contribution in [2.24, 2.45) is 0 Å². The molecule has 9 heteroatoms. The molecule has 2 aromatic heterocycles. The maximum atomic E-state index is 12.4. The van der Waals surface area contributed by atoms with Gasteiger partial charge >= 0.3 is 0 Å². The Balaban J connectivity index is 1.49. The summed E-state index contributed by atoms with van der Waals surface area (Å²) in [5.74, 6) is 1.64. The number of nitrogens with one attached hydrogen (secondary N) is 1. The number of aromatic nitrogens is 3. The van der Waals surface area contributed by atoms with Crippen LogP contribution in [0, 0.1) is 0 Å². The van der Waals surface area contributed by atoms with Gasteiger partial charge < -0.3 is 19.4 Å².